The first-order valence-corrected chi connectivity index (χ1v) is 7.56. The quantitative estimate of drug-likeness (QED) is 0.408. The van der Waals surface area contributed by atoms with Gasteiger partial charge >= 0.3 is 0 Å². The third-order valence-corrected chi connectivity index (χ3v) is 4.57. The second kappa shape index (κ2) is 5.06. The van der Waals surface area contributed by atoms with Gasteiger partial charge in [-0.2, -0.15) is 4.98 Å². The summed E-state index contributed by atoms with van der Waals surface area (Å²) in [5.41, 5.74) is 5.70. The normalized spacial score (nSPS) is 33.3. The molecule has 1 saturated heterocycles. The highest BCUT2D eigenvalue weighted by molar-refractivity contribution is 5.73. The number of ether oxygens (including phenoxy) is 1. The average molecular weight is 325 g/mol. The molecule has 6 N–H and O–H groups in total. The molecule has 2 fully saturated rings. The van der Waals surface area contributed by atoms with Crippen molar-refractivity contribution in [1.29, 1.82) is 0 Å². The number of hydrogen-bond acceptors (Lipinski definition) is 9. The molecule has 1 aliphatic carbocycles. The van der Waals surface area contributed by atoms with E-state index in [1.165, 1.54) is 0 Å². The minimum Gasteiger partial charge on any atom is -0.394 e. The summed E-state index contributed by atoms with van der Waals surface area (Å²) in [6, 6.07) is 0.252. The van der Waals surface area contributed by atoms with E-state index in [0.717, 1.165) is 12.8 Å². The molecule has 23 heavy (non-hydrogen) atoms. The van der Waals surface area contributed by atoms with Crippen LogP contribution in [0, 0.1) is 0 Å². The molecule has 1 saturated carbocycles. The number of aromatic nitrogens is 2. The number of anilines is 3. The summed E-state index contributed by atoms with van der Waals surface area (Å²) in [7, 11) is 0. The van der Waals surface area contributed by atoms with Crippen molar-refractivity contribution in [2.45, 2.75) is 43.4 Å². The zero-order valence-corrected chi connectivity index (χ0v) is 12.3. The van der Waals surface area contributed by atoms with E-state index in [1.807, 2.05) is 4.90 Å². The molecule has 2 aliphatic heterocycles. The molecule has 0 radical (unpaired) electrons. The van der Waals surface area contributed by atoms with Gasteiger partial charge in [0.1, 0.15) is 24.0 Å². The zero-order chi connectivity index (χ0) is 16.3. The molecule has 3 heterocycles. The SMILES string of the molecule is Nc1nc2c(c(=O)[nH]1)N(C1CC1)CN2[C@@H]1O[C@H](CO)[C@@H](O)[C@H]1O. The summed E-state index contributed by atoms with van der Waals surface area (Å²) < 4.78 is 5.56. The van der Waals surface area contributed by atoms with Crippen LogP contribution in [0.1, 0.15) is 12.8 Å². The number of rotatable bonds is 3. The van der Waals surface area contributed by atoms with Crippen LogP contribution in [0.2, 0.25) is 0 Å². The fourth-order valence-electron chi connectivity index (χ4n) is 3.26. The van der Waals surface area contributed by atoms with Crippen LogP contribution in [0.15, 0.2) is 4.79 Å². The van der Waals surface area contributed by atoms with Crippen molar-refractivity contribution in [2.24, 2.45) is 0 Å². The molecule has 4 atom stereocenters. The lowest BCUT2D eigenvalue weighted by Crippen LogP contribution is -2.46. The smallest absolute Gasteiger partial charge is 0.278 e. The van der Waals surface area contributed by atoms with E-state index in [2.05, 4.69) is 9.97 Å². The number of fused-ring (bicyclic) bond motifs is 1. The predicted molar refractivity (Wildman–Crippen MR) is 79.9 cm³/mol. The number of nitrogen functional groups attached to an aromatic ring is 1. The summed E-state index contributed by atoms with van der Waals surface area (Å²) in [5.74, 6) is 0.302. The van der Waals surface area contributed by atoms with Crippen LogP contribution < -0.4 is 21.1 Å². The first-order chi connectivity index (χ1) is 11.0. The highest BCUT2D eigenvalue weighted by Gasteiger charge is 2.50. The molecule has 0 spiro atoms. The Bertz CT molecular complexity index is 677. The van der Waals surface area contributed by atoms with Crippen LogP contribution in [0.5, 0.6) is 0 Å². The maximum Gasteiger partial charge on any atom is 0.278 e. The van der Waals surface area contributed by atoms with Gasteiger partial charge in [-0.3, -0.25) is 9.78 Å². The second-order valence-electron chi connectivity index (χ2n) is 6.16. The molecular weight excluding hydrogens is 306 g/mol. The van der Waals surface area contributed by atoms with Crippen molar-refractivity contribution in [3.8, 4) is 0 Å². The molecule has 126 valence electrons. The Morgan fingerprint density at radius 1 is 1.30 bits per heavy atom. The number of aliphatic hydroxyl groups excluding tert-OH is 3. The van der Waals surface area contributed by atoms with Crippen LogP contribution in [0.3, 0.4) is 0 Å². The summed E-state index contributed by atoms with van der Waals surface area (Å²) in [6.45, 7) is -0.0984. The maximum absolute atomic E-state index is 12.3. The Labute approximate surface area is 131 Å². The molecule has 0 aromatic carbocycles. The molecule has 10 nitrogen and oxygen atoms in total. The average Bonchev–Trinajstić information content (AvgIpc) is 3.23. The van der Waals surface area contributed by atoms with E-state index in [4.69, 9.17) is 10.5 Å². The fraction of sp³-hybridized carbons (Fsp3) is 0.692. The third-order valence-electron chi connectivity index (χ3n) is 4.57. The molecule has 0 bridgehead atoms. The van der Waals surface area contributed by atoms with E-state index in [9.17, 15) is 20.1 Å². The second-order valence-corrected chi connectivity index (χ2v) is 6.16. The van der Waals surface area contributed by atoms with Crippen LogP contribution in [0.25, 0.3) is 0 Å². The summed E-state index contributed by atoms with van der Waals surface area (Å²) in [6.07, 6.45) is -2.25. The third kappa shape index (κ3) is 2.17. The summed E-state index contributed by atoms with van der Waals surface area (Å²) in [5, 5.41) is 29.4. The molecule has 10 heteroatoms. The van der Waals surface area contributed by atoms with Gasteiger partial charge in [0.2, 0.25) is 5.95 Å². The number of hydrogen-bond donors (Lipinski definition) is 5. The number of nitrogens with two attached hydrogens (primary N) is 1. The Balaban J connectivity index is 1.73. The summed E-state index contributed by atoms with van der Waals surface area (Å²) in [4.78, 5) is 22.5. The van der Waals surface area contributed by atoms with Gasteiger partial charge in [0.25, 0.3) is 5.56 Å². The Morgan fingerprint density at radius 2 is 2.04 bits per heavy atom. The topological polar surface area (TPSA) is 148 Å². The Kier molecular flexibility index (Phi) is 3.23. The minimum atomic E-state index is -1.22. The highest BCUT2D eigenvalue weighted by Crippen LogP contribution is 2.42. The number of nitrogens with zero attached hydrogens (tertiary/aromatic N) is 3. The molecule has 3 aliphatic rings. The van der Waals surface area contributed by atoms with E-state index < -0.39 is 31.1 Å². The van der Waals surface area contributed by atoms with Crippen molar-refractivity contribution >= 4 is 17.5 Å². The van der Waals surface area contributed by atoms with E-state index >= 15 is 0 Å². The monoisotopic (exact) mass is 325 g/mol. The molecular formula is C13H19N5O5. The van der Waals surface area contributed by atoms with Crippen LogP contribution >= 0.6 is 0 Å². The lowest BCUT2D eigenvalue weighted by molar-refractivity contribution is -0.0222. The van der Waals surface area contributed by atoms with E-state index in [1.54, 1.807) is 4.90 Å². The Hall–Kier alpha value is -1.88. The van der Waals surface area contributed by atoms with Crippen LogP contribution in [0.4, 0.5) is 17.5 Å². The lowest BCUT2D eigenvalue weighted by atomic mass is 10.1. The van der Waals surface area contributed by atoms with Crippen molar-refractivity contribution in [3.05, 3.63) is 10.4 Å². The van der Waals surface area contributed by atoms with Gasteiger partial charge in [0.05, 0.1) is 13.3 Å². The fourth-order valence-corrected chi connectivity index (χ4v) is 3.26. The largest absolute Gasteiger partial charge is 0.394 e. The predicted octanol–water partition coefficient (Wildman–Crippen LogP) is -2.46. The lowest BCUT2D eigenvalue weighted by Gasteiger charge is -2.28. The number of nitrogens with one attached hydrogen (secondary N) is 1. The molecule has 1 aromatic heterocycles. The highest BCUT2D eigenvalue weighted by atomic mass is 16.6. The molecule has 4 rings (SSSR count). The van der Waals surface area contributed by atoms with E-state index in [0.29, 0.717) is 18.2 Å². The maximum atomic E-state index is 12.3. The number of aromatic amines is 1. The van der Waals surface area contributed by atoms with Gasteiger partial charge < -0.3 is 35.6 Å². The number of aliphatic hydroxyl groups is 3. The standard InChI is InChI=1S/C13H19N5O5/c14-13-15-10-7(11(22)16-13)17(5-1-2-5)4-18(10)12-9(21)8(20)6(3-19)23-12/h5-6,8-9,12,19-21H,1-4H2,(H3,14,15,16,22)/t6-,8-,9-,12-/m1/s1. The van der Waals surface area contributed by atoms with Gasteiger partial charge in [-0.1, -0.05) is 0 Å². The first-order valence-electron chi connectivity index (χ1n) is 7.56. The van der Waals surface area contributed by atoms with Gasteiger partial charge in [0.15, 0.2) is 12.0 Å². The molecule has 0 amide bonds. The van der Waals surface area contributed by atoms with Gasteiger partial charge in [-0.25, -0.2) is 0 Å². The van der Waals surface area contributed by atoms with Gasteiger partial charge in [-0.05, 0) is 12.8 Å². The van der Waals surface area contributed by atoms with E-state index in [-0.39, 0.29) is 17.5 Å². The Morgan fingerprint density at radius 3 is 2.65 bits per heavy atom. The first kappa shape index (κ1) is 14.7. The van der Waals surface area contributed by atoms with Crippen LogP contribution in [-0.2, 0) is 4.74 Å². The zero-order valence-electron chi connectivity index (χ0n) is 12.3. The van der Waals surface area contributed by atoms with Gasteiger partial charge in [-0.15, -0.1) is 0 Å². The van der Waals surface area contributed by atoms with Crippen molar-refractivity contribution < 1.29 is 20.1 Å². The van der Waals surface area contributed by atoms with Crippen molar-refractivity contribution in [1.82, 2.24) is 9.97 Å². The number of H-pyrrole nitrogens is 1. The summed E-state index contributed by atoms with van der Waals surface area (Å²) >= 11 is 0. The molecule has 1 aromatic rings. The minimum absolute atomic E-state index is 0.0249. The van der Waals surface area contributed by atoms with Crippen molar-refractivity contribution in [2.75, 3.05) is 28.8 Å². The van der Waals surface area contributed by atoms with Crippen LogP contribution in [-0.4, -0.2) is 69.1 Å². The van der Waals surface area contributed by atoms with Gasteiger partial charge in [0, 0.05) is 6.04 Å². The van der Waals surface area contributed by atoms with Crippen molar-refractivity contribution in [3.63, 3.8) is 0 Å². The molecule has 0 unspecified atom stereocenters.